The number of carbonyl (C=O) groups is 1. The average Bonchev–Trinajstić information content (AvgIpc) is 2.69. The molecule has 1 aromatic heterocycles. The second-order valence-corrected chi connectivity index (χ2v) is 7.62. The first-order chi connectivity index (χ1) is 13.4. The normalized spacial score (nSPS) is 16.5. The van der Waals surface area contributed by atoms with E-state index in [1.165, 1.54) is 0 Å². The SMILES string of the molecule is CCn1c(=O)c(C)nc2cc(C(=O)NC[C@@H](C(C)C)N3CCOCC3)ccc21. The molecule has 3 rings (SSSR count). The number of hydrogen-bond donors (Lipinski definition) is 1. The molecule has 152 valence electrons. The van der Waals surface area contributed by atoms with Crippen molar-refractivity contribution in [3.05, 3.63) is 39.8 Å². The van der Waals surface area contributed by atoms with Gasteiger partial charge in [-0.15, -0.1) is 0 Å². The quantitative estimate of drug-likeness (QED) is 0.819. The van der Waals surface area contributed by atoms with Gasteiger partial charge in [-0.1, -0.05) is 13.8 Å². The lowest BCUT2D eigenvalue weighted by Crippen LogP contribution is -2.51. The Bertz CT molecular complexity index is 900. The van der Waals surface area contributed by atoms with Crippen molar-refractivity contribution in [1.29, 1.82) is 0 Å². The first-order valence-electron chi connectivity index (χ1n) is 10.0. The van der Waals surface area contributed by atoms with Crippen LogP contribution in [0.1, 0.15) is 36.8 Å². The molecule has 0 spiro atoms. The molecule has 7 heteroatoms. The number of ether oxygens (including phenoxy) is 1. The molecule has 1 saturated heterocycles. The fourth-order valence-electron chi connectivity index (χ4n) is 3.82. The first kappa shape index (κ1) is 20.5. The number of aryl methyl sites for hydroxylation is 2. The summed E-state index contributed by atoms with van der Waals surface area (Å²) in [5.41, 5.74) is 2.34. The van der Waals surface area contributed by atoms with Gasteiger partial charge in [0.15, 0.2) is 0 Å². The lowest BCUT2D eigenvalue weighted by atomic mass is 10.0. The van der Waals surface area contributed by atoms with Gasteiger partial charge in [-0.05, 0) is 38.0 Å². The van der Waals surface area contributed by atoms with E-state index in [1.807, 2.05) is 13.0 Å². The zero-order chi connectivity index (χ0) is 20.3. The number of nitrogens with one attached hydrogen (secondary N) is 1. The van der Waals surface area contributed by atoms with Gasteiger partial charge < -0.3 is 14.6 Å². The van der Waals surface area contributed by atoms with E-state index in [1.54, 1.807) is 23.6 Å². The third-order valence-electron chi connectivity index (χ3n) is 5.44. The smallest absolute Gasteiger partial charge is 0.272 e. The molecule has 0 aliphatic carbocycles. The largest absolute Gasteiger partial charge is 0.379 e. The van der Waals surface area contributed by atoms with E-state index in [0.29, 0.717) is 35.8 Å². The summed E-state index contributed by atoms with van der Waals surface area (Å²) in [6.45, 7) is 12.4. The maximum absolute atomic E-state index is 12.8. The highest BCUT2D eigenvalue weighted by molar-refractivity contribution is 5.97. The highest BCUT2D eigenvalue weighted by Crippen LogP contribution is 2.15. The summed E-state index contributed by atoms with van der Waals surface area (Å²) >= 11 is 0. The van der Waals surface area contributed by atoms with Crippen LogP contribution in [0.2, 0.25) is 0 Å². The molecule has 0 radical (unpaired) electrons. The average molecular weight is 386 g/mol. The molecule has 1 N–H and O–H groups in total. The zero-order valence-corrected chi connectivity index (χ0v) is 17.2. The summed E-state index contributed by atoms with van der Waals surface area (Å²) in [6.07, 6.45) is 0. The van der Waals surface area contributed by atoms with Crippen LogP contribution in [0.15, 0.2) is 23.0 Å². The molecule has 0 unspecified atom stereocenters. The number of benzene rings is 1. The fraction of sp³-hybridized carbons (Fsp3) is 0.571. The minimum Gasteiger partial charge on any atom is -0.379 e. The minimum atomic E-state index is -0.116. The number of nitrogens with zero attached hydrogens (tertiary/aromatic N) is 3. The number of aromatic nitrogens is 2. The number of carbonyl (C=O) groups excluding carboxylic acids is 1. The van der Waals surface area contributed by atoms with E-state index >= 15 is 0 Å². The Balaban J connectivity index is 1.77. The van der Waals surface area contributed by atoms with Crippen molar-refractivity contribution in [2.45, 2.75) is 40.3 Å². The van der Waals surface area contributed by atoms with Crippen LogP contribution in [0.5, 0.6) is 0 Å². The van der Waals surface area contributed by atoms with E-state index in [0.717, 1.165) is 31.8 Å². The van der Waals surface area contributed by atoms with Gasteiger partial charge in [0.2, 0.25) is 0 Å². The molecular formula is C21H30N4O3. The van der Waals surface area contributed by atoms with E-state index in [9.17, 15) is 9.59 Å². The van der Waals surface area contributed by atoms with Crippen molar-refractivity contribution < 1.29 is 9.53 Å². The van der Waals surface area contributed by atoms with Gasteiger partial charge in [-0.3, -0.25) is 14.5 Å². The second-order valence-electron chi connectivity index (χ2n) is 7.62. The molecule has 7 nitrogen and oxygen atoms in total. The molecule has 1 aliphatic heterocycles. The molecule has 0 saturated carbocycles. The molecular weight excluding hydrogens is 356 g/mol. The van der Waals surface area contributed by atoms with Gasteiger partial charge in [0, 0.05) is 37.8 Å². The summed E-state index contributed by atoms with van der Waals surface area (Å²) < 4.78 is 7.13. The minimum absolute atomic E-state index is 0.0857. The second kappa shape index (κ2) is 8.84. The summed E-state index contributed by atoms with van der Waals surface area (Å²) in [5.74, 6) is 0.313. The highest BCUT2D eigenvalue weighted by Gasteiger charge is 2.24. The Labute approximate surface area is 165 Å². The third-order valence-corrected chi connectivity index (χ3v) is 5.44. The molecule has 1 amide bonds. The number of hydrogen-bond acceptors (Lipinski definition) is 5. The fourth-order valence-corrected chi connectivity index (χ4v) is 3.82. The van der Waals surface area contributed by atoms with Gasteiger partial charge in [0.05, 0.1) is 24.2 Å². The molecule has 1 atom stereocenters. The lowest BCUT2D eigenvalue weighted by Gasteiger charge is -2.36. The van der Waals surface area contributed by atoms with E-state index < -0.39 is 0 Å². The van der Waals surface area contributed by atoms with Crippen molar-refractivity contribution >= 4 is 16.9 Å². The number of fused-ring (bicyclic) bond motifs is 1. The Hall–Kier alpha value is -2.25. The molecule has 1 aromatic carbocycles. The molecule has 0 bridgehead atoms. The summed E-state index contributed by atoms with van der Waals surface area (Å²) in [7, 11) is 0. The monoisotopic (exact) mass is 386 g/mol. The maximum atomic E-state index is 12.8. The van der Waals surface area contributed by atoms with Gasteiger partial charge in [0.1, 0.15) is 5.69 Å². The van der Waals surface area contributed by atoms with Crippen LogP contribution < -0.4 is 10.9 Å². The van der Waals surface area contributed by atoms with E-state index in [-0.39, 0.29) is 17.5 Å². The Morgan fingerprint density at radius 3 is 2.64 bits per heavy atom. The maximum Gasteiger partial charge on any atom is 0.272 e. The van der Waals surface area contributed by atoms with Crippen LogP contribution in [0.4, 0.5) is 0 Å². The van der Waals surface area contributed by atoms with E-state index in [4.69, 9.17) is 4.74 Å². The lowest BCUT2D eigenvalue weighted by molar-refractivity contribution is 0.00673. The van der Waals surface area contributed by atoms with Crippen molar-refractivity contribution in [2.24, 2.45) is 5.92 Å². The summed E-state index contributed by atoms with van der Waals surface area (Å²) in [6, 6.07) is 5.62. The first-order valence-corrected chi connectivity index (χ1v) is 10.0. The van der Waals surface area contributed by atoms with Crippen molar-refractivity contribution in [3.63, 3.8) is 0 Å². The number of rotatable bonds is 6. The van der Waals surface area contributed by atoms with Crippen LogP contribution in [0.3, 0.4) is 0 Å². The van der Waals surface area contributed by atoms with Gasteiger partial charge in [0.25, 0.3) is 11.5 Å². The molecule has 28 heavy (non-hydrogen) atoms. The van der Waals surface area contributed by atoms with E-state index in [2.05, 4.69) is 29.0 Å². The van der Waals surface area contributed by atoms with Crippen molar-refractivity contribution in [2.75, 3.05) is 32.8 Å². The predicted octanol–water partition coefficient (Wildman–Crippen LogP) is 1.81. The molecule has 2 heterocycles. The Morgan fingerprint density at radius 2 is 2.00 bits per heavy atom. The third kappa shape index (κ3) is 4.25. The topological polar surface area (TPSA) is 76.5 Å². The van der Waals surface area contributed by atoms with Crippen molar-refractivity contribution in [3.8, 4) is 0 Å². The summed E-state index contributed by atoms with van der Waals surface area (Å²) in [4.78, 5) is 31.8. The number of morpholine rings is 1. The Kier molecular flexibility index (Phi) is 6.46. The van der Waals surface area contributed by atoms with Gasteiger partial charge in [-0.2, -0.15) is 0 Å². The molecule has 2 aromatic rings. The standard InChI is InChI=1S/C21H30N4O3/c1-5-25-18-7-6-16(12-17(18)23-15(4)21(25)27)20(26)22-13-19(14(2)3)24-8-10-28-11-9-24/h6-7,12,14,19H,5,8-11,13H2,1-4H3,(H,22,26)/t19-/m0/s1. The molecule has 1 aliphatic rings. The van der Waals surface area contributed by atoms with Gasteiger partial charge in [-0.25, -0.2) is 4.98 Å². The van der Waals surface area contributed by atoms with Crippen LogP contribution in [0, 0.1) is 12.8 Å². The van der Waals surface area contributed by atoms with Crippen LogP contribution in [-0.2, 0) is 11.3 Å². The predicted molar refractivity (Wildman–Crippen MR) is 110 cm³/mol. The molecule has 1 fully saturated rings. The van der Waals surface area contributed by atoms with Gasteiger partial charge >= 0.3 is 0 Å². The van der Waals surface area contributed by atoms with Crippen molar-refractivity contribution in [1.82, 2.24) is 19.8 Å². The highest BCUT2D eigenvalue weighted by atomic mass is 16.5. The van der Waals surface area contributed by atoms with Crippen LogP contribution in [-0.4, -0.2) is 59.2 Å². The number of amides is 1. The zero-order valence-electron chi connectivity index (χ0n) is 17.2. The van der Waals surface area contributed by atoms with Crippen LogP contribution >= 0.6 is 0 Å². The van der Waals surface area contributed by atoms with Crippen LogP contribution in [0.25, 0.3) is 11.0 Å². The summed E-state index contributed by atoms with van der Waals surface area (Å²) in [5, 5.41) is 3.08. The Morgan fingerprint density at radius 1 is 1.29 bits per heavy atom.